The minimum atomic E-state index is -0.759. The fraction of sp³-hybridized carbons (Fsp3) is 0.464. The number of hydrogen-bond acceptors (Lipinski definition) is 8. The molecule has 11 heteroatoms. The molecule has 39 heavy (non-hydrogen) atoms. The topological polar surface area (TPSA) is 127 Å². The number of rotatable bonds is 6. The van der Waals surface area contributed by atoms with E-state index in [4.69, 9.17) is 21.3 Å². The first-order valence-electron chi connectivity index (χ1n) is 12.9. The molecule has 2 fully saturated rings. The Morgan fingerprint density at radius 3 is 2.46 bits per heavy atom. The molecule has 0 bridgehead atoms. The lowest BCUT2D eigenvalue weighted by Gasteiger charge is -2.25. The Hall–Kier alpha value is -3.66. The van der Waals surface area contributed by atoms with Gasteiger partial charge in [-0.1, -0.05) is 17.7 Å². The van der Waals surface area contributed by atoms with E-state index in [0.717, 1.165) is 11.1 Å². The molecular formula is C28H32ClN5O5. The second-order valence-corrected chi connectivity index (χ2v) is 11.9. The molecule has 3 atom stereocenters. The number of carbonyl (C=O) groups excluding carboxylic acids is 1. The van der Waals surface area contributed by atoms with E-state index < -0.39 is 17.5 Å². The Kier molecular flexibility index (Phi) is 6.57. The van der Waals surface area contributed by atoms with Gasteiger partial charge in [0.2, 0.25) is 5.95 Å². The summed E-state index contributed by atoms with van der Waals surface area (Å²) in [6.45, 7) is 10.3. The van der Waals surface area contributed by atoms with Crippen molar-refractivity contribution in [3.63, 3.8) is 0 Å². The Labute approximate surface area is 231 Å². The van der Waals surface area contributed by atoms with E-state index >= 15 is 0 Å². The van der Waals surface area contributed by atoms with Crippen molar-refractivity contribution in [2.24, 2.45) is 24.8 Å². The molecule has 2 N–H and O–H groups in total. The van der Waals surface area contributed by atoms with Crippen molar-refractivity contribution in [1.82, 2.24) is 14.5 Å². The number of pyridine rings is 1. The summed E-state index contributed by atoms with van der Waals surface area (Å²) < 4.78 is 7.07. The van der Waals surface area contributed by atoms with Gasteiger partial charge in [0.15, 0.2) is 5.69 Å². The summed E-state index contributed by atoms with van der Waals surface area (Å²) in [5.74, 6) is -0.994. The minimum absolute atomic E-state index is 0.0649. The van der Waals surface area contributed by atoms with Crippen LogP contribution in [0.25, 0.3) is 10.9 Å². The average molecular weight is 554 g/mol. The molecule has 1 saturated carbocycles. The number of piperidine rings is 1. The van der Waals surface area contributed by atoms with Crippen molar-refractivity contribution in [3.8, 4) is 0 Å². The Bertz CT molecular complexity index is 1550. The molecular weight excluding hydrogens is 522 g/mol. The van der Waals surface area contributed by atoms with E-state index in [1.165, 1.54) is 4.57 Å². The molecule has 206 valence electrons. The summed E-state index contributed by atoms with van der Waals surface area (Å²) in [6, 6.07) is 6.69. The number of aryl methyl sites for hydroxylation is 1. The number of carboxylic acids is 1. The van der Waals surface area contributed by atoms with Gasteiger partial charge >= 0.3 is 11.9 Å². The summed E-state index contributed by atoms with van der Waals surface area (Å²) in [5, 5.41) is 13.4. The Morgan fingerprint density at radius 2 is 1.85 bits per heavy atom. The summed E-state index contributed by atoms with van der Waals surface area (Å²) >= 11 is 6.11. The van der Waals surface area contributed by atoms with Crippen LogP contribution in [0, 0.1) is 24.7 Å². The van der Waals surface area contributed by atoms with Crippen LogP contribution in [0.5, 0.6) is 0 Å². The van der Waals surface area contributed by atoms with Crippen LogP contribution in [0.4, 0.5) is 11.6 Å². The highest BCUT2D eigenvalue weighted by Crippen LogP contribution is 2.52. The zero-order valence-electron chi connectivity index (χ0n) is 22.8. The van der Waals surface area contributed by atoms with Gasteiger partial charge in [0.1, 0.15) is 10.8 Å². The van der Waals surface area contributed by atoms with Crippen LogP contribution in [0.1, 0.15) is 55.4 Å². The van der Waals surface area contributed by atoms with Crippen molar-refractivity contribution in [2.45, 2.75) is 46.3 Å². The number of ether oxygens (including phenoxy) is 1. The number of nitrogens with zero attached hydrogens (tertiary/aromatic N) is 4. The zero-order chi connectivity index (χ0) is 28.4. The van der Waals surface area contributed by atoms with Crippen molar-refractivity contribution >= 4 is 46.1 Å². The van der Waals surface area contributed by atoms with E-state index in [9.17, 15) is 19.5 Å². The van der Waals surface area contributed by atoms with Crippen molar-refractivity contribution < 1.29 is 19.4 Å². The van der Waals surface area contributed by atoms with Crippen LogP contribution in [-0.2, 0) is 16.6 Å². The number of fused-ring (bicyclic) bond motifs is 2. The second kappa shape index (κ2) is 9.51. The average Bonchev–Trinajstić information content (AvgIpc) is 3.36. The minimum Gasteiger partial charge on any atom is -0.481 e. The molecule has 10 nitrogen and oxygen atoms in total. The highest BCUT2D eigenvalue weighted by Gasteiger charge is 2.60. The van der Waals surface area contributed by atoms with Crippen molar-refractivity contribution in [3.05, 3.63) is 56.6 Å². The summed E-state index contributed by atoms with van der Waals surface area (Å²) in [7, 11) is 1.69. The van der Waals surface area contributed by atoms with Crippen LogP contribution in [0.2, 0.25) is 5.15 Å². The molecule has 1 aliphatic carbocycles. The number of halogens is 1. The lowest BCUT2D eigenvalue weighted by Crippen LogP contribution is -2.33. The third-order valence-corrected chi connectivity index (χ3v) is 7.60. The van der Waals surface area contributed by atoms with Crippen molar-refractivity contribution in [2.75, 3.05) is 23.3 Å². The number of carboxylic acid groups (broad SMARTS) is 1. The monoisotopic (exact) mass is 553 g/mol. The van der Waals surface area contributed by atoms with Crippen LogP contribution >= 0.6 is 11.6 Å². The molecule has 3 heterocycles. The normalized spacial score (nSPS) is 21.0. The van der Waals surface area contributed by atoms with Gasteiger partial charge in [-0.25, -0.2) is 14.8 Å². The molecule has 1 aromatic carbocycles. The van der Waals surface area contributed by atoms with Gasteiger partial charge in [-0.15, -0.1) is 0 Å². The maximum Gasteiger partial charge on any atom is 0.359 e. The van der Waals surface area contributed by atoms with Gasteiger partial charge < -0.3 is 20.1 Å². The fourth-order valence-corrected chi connectivity index (χ4v) is 5.70. The van der Waals surface area contributed by atoms with Crippen LogP contribution in [-0.4, -0.2) is 50.3 Å². The molecule has 5 rings (SSSR count). The van der Waals surface area contributed by atoms with Crippen LogP contribution in [0.3, 0.4) is 0 Å². The molecule has 1 saturated heterocycles. The number of benzene rings is 1. The van der Waals surface area contributed by atoms with Gasteiger partial charge in [-0.05, 0) is 70.2 Å². The SMILES string of the molecule is Cc1cc(C(C)Nc2ccc(Cl)nc2C(=O)OC(C)(C)C)c2nc(N3CC4C(C3)C4C(=O)O)n(C)c(=O)c2c1. The lowest BCUT2D eigenvalue weighted by molar-refractivity contribution is -0.139. The Morgan fingerprint density at radius 1 is 1.18 bits per heavy atom. The van der Waals surface area contributed by atoms with Gasteiger partial charge in [0.05, 0.1) is 28.6 Å². The van der Waals surface area contributed by atoms with Gasteiger partial charge in [0, 0.05) is 25.7 Å². The maximum atomic E-state index is 13.5. The number of hydrogen-bond donors (Lipinski definition) is 2. The van der Waals surface area contributed by atoms with E-state index in [1.807, 2.05) is 30.9 Å². The molecule has 0 spiro atoms. The van der Waals surface area contributed by atoms with E-state index in [-0.39, 0.29) is 40.2 Å². The third kappa shape index (κ3) is 5.05. The predicted molar refractivity (Wildman–Crippen MR) is 148 cm³/mol. The first-order chi connectivity index (χ1) is 18.2. The Balaban J connectivity index is 1.51. The number of nitrogens with one attached hydrogen (secondary N) is 1. The standard InChI is InChI=1S/C28H32ClN5O5/c1-13-9-15(14(2)30-19-7-8-20(29)31-23(19)26(38)39-28(3,4)5)22-16(10-13)24(35)33(6)27(32-22)34-11-17-18(12-34)21(17)25(36)37/h7-10,14,17-18,21,30H,11-12H2,1-6H3,(H,36,37). The third-order valence-electron chi connectivity index (χ3n) is 7.38. The smallest absolute Gasteiger partial charge is 0.359 e. The van der Waals surface area contributed by atoms with Crippen LogP contribution in [0.15, 0.2) is 29.1 Å². The predicted octanol–water partition coefficient (Wildman–Crippen LogP) is 4.19. The molecule has 1 aliphatic heterocycles. The fourth-order valence-electron chi connectivity index (χ4n) is 5.55. The first-order valence-corrected chi connectivity index (χ1v) is 13.3. The van der Waals surface area contributed by atoms with E-state index in [2.05, 4.69) is 10.3 Å². The second-order valence-electron chi connectivity index (χ2n) is 11.5. The lowest BCUT2D eigenvalue weighted by atomic mass is 10.0. The summed E-state index contributed by atoms with van der Waals surface area (Å²) in [5.41, 5.74) is 1.85. The zero-order valence-corrected chi connectivity index (χ0v) is 23.5. The van der Waals surface area contributed by atoms with E-state index in [1.54, 1.807) is 40.0 Å². The highest BCUT2D eigenvalue weighted by atomic mass is 35.5. The summed E-state index contributed by atoms with van der Waals surface area (Å²) in [6.07, 6.45) is 0. The molecule has 3 aromatic rings. The molecule has 0 amide bonds. The number of aromatic nitrogens is 3. The van der Waals surface area contributed by atoms with Gasteiger partial charge in [-0.3, -0.25) is 14.2 Å². The largest absolute Gasteiger partial charge is 0.481 e. The van der Waals surface area contributed by atoms with Gasteiger partial charge in [0.25, 0.3) is 5.56 Å². The maximum absolute atomic E-state index is 13.5. The number of carbonyl (C=O) groups is 2. The molecule has 2 aromatic heterocycles. The quantitative estimate of drug-likeness (QED) is 0.341. The van der Waals surface area contributed by atoms with Gasteiger partial charge in [-0.2, -0.15) is 0 Å². The molecule has 0 radical (unpaired) electrons. The van der Waals surface area contributed by atoms with Crippen LogP contribution < -0.4 is 15.8 Å². The number of aliphatic carboxylic acids is 1. The number of anilines is 2. The summed E-state index contributed by atoms with van der Waals surface area (Å²) in [4.78, 5) is 49.0. The molecule has 2 aliphatic rings. The number of esters is 1. The molecule has 3 unspecified atom stereocenters. The highest BCUT2D eigenvalue weighted by molar-refractivity contribution is 6.29. The van der Waals surface area contributed by atoms with E-state index in [0.29, 0.717) is 35.6 Å². The first kappa shape index (κ1) is 26.9. The van der Waals surface area contributed by atoms with Crippen molar-refractivity contribution in [1.29, 1.82) is 0 Å².